The van der Waals surface area contributed by atoms with E-state index < -0.39 is 0 Å². The summed E-state index contributed by atoms with van der Waals surface area (Å²) in [6.07, 6.45) is 3.29. The maximum Gasteiger partial charge on any atom is 0.147 e. The van der Waals surface area contributed by atoms with Gasteiger partial charge in [0.2, 0.25) is 0 Å². The fraction of sp³-hybridized carbons (Fsp3) is 0.114. The molecule has 6 rings (SSSR count). The van der Waals surface area contributed by atoms with Crippen LogP contribution >= 0.6 is 45.9 Å². The van der Waals surface area contributed by atoms with Crippen molar-refractivity contribution in [2.75, 3.05) is 22.1 Å². The van der Waals surface area contributed by atoms with E-state index in [4.69, 9.17) is 34.7 Å². The molecular formula is C35H30Cl2N6OS2. The molecule has 6 N–H and O–H groups in total. The molecule has 0 saturated carbocycles. The Morgan fingerprint density at radius 2 is 1.11 bits per heavy atom. The van der Waals surface area contributed by atoms with Gasteiger partial charge in [-0.25, -0.2) is 9.97 Å². The van der Waals surface area contributed by atoms with Crippen molar-refractivity contribution in [3.63, 3.8) is 0 Å². The van der Waals surface area contributed by atoms with Crippen molar-refractivity contribution < 1.29 is 4.79 Å². The second-order valence-corrected chi connectivity index (χ2v) is 14.2. The number of thiazole rings is 2. The highest BCUT2D eigenvalue weighted by Gasteiger charge is 2.24. The molecule has 4 aromatic carbocycles. The molecule has 0 saturated heterocycles. The van der Waals surface area contributed by atoms with Crippen molar-refractivity contribution in [1.82, 2.24) is 9.97 Å². The predicted octanol–water partition coefficient (Wildman–Crippen LogP) is 10.4. The van der Waals surface area contributed by atoms with Gasteiger partial charge in [-0.15, -0.1) is 22.7 Å². The lowest BCUT2D eigenvalue weighted by Crippen LogP contribution is -2.17. The molecule has 7 nitrogen and oxygen atoms in total. The Bertz CT molecular complexity index is 1900. The summed E-state index contributed by atoms with van der Waals surface area (Å²) in [6, 6.07) is 27.2. The standard InChI is InChI=1S/C35H30Cl2N6OS2/c1-19(21-9-11-29(27(38)15-21)42-25-7-3-5-23(13-25)34-40-17-31(36)45-34)33(44)20(2)22-10-12-30(28(39)16-22)43-26-8-4-6-24(14-26)35-41-18-32(37)46-35/h3-20,42-43H,38-39H2,1-2H3. The minimum Gasteiger partial charge on any atom is -0.397 e. The zero-order valence-electron chi connectivity index (χ0n) is 24.9. The van der Waals surface area contributed by atoms with E-state index in [9.17, 15) is 4.79 Å². The Morgan fingerprint density at radius 3 is 1.48 bits per heavy atom. The average Bonchev–Trinajstić information content (AvgIpc) is 3.70. The van der Waals surface area contributed by atoms with E-state index in [1.54, 1.807) is 12.4 Å². The summed E-state index contributed by atoms with van der Waals surface area (Å²) < 4.78 is 1.28. The van der Waals surface area contributed by atoms with Crippen molar-refractivity contribution >= 4 is 85.8 Å². The number of Topliss-reactive ketones (excluding diaryl/α,β-unsaturated/α-hetero) is 1. The number of nitrogens with one attached hydrogen (secondary N) is 2. The number of nitrogen functional groups attached to an aromatic ring is 2. The smallest absolute Gasteiger partial charge is 0.147 e. The summed E-state index contributed by atoms with van der Waals surface area (Å²) in [5.74, 6) is -0.666. The third-order valence-electron chi connectivity index (χ3n) is 7.74. The first-order chi connectivity index (χ1) is 22.1. The van der Waals surface area contributed by atoms with E-state index in [1.807, 2.05) is 98.8 Å². The van der Waals surface area contributed by atoms with Gasteiger partial charge in [-0.3, -0.25) is 4.79 Å². The third-order valence-corrected chi connectivity index (χ3v) is 10.1. The van der Waals surface area contributed by atoms with Crippen LogP contribution in [0.3, 0.4) is 0 Å². The van der Waals surface area contributed by atoms with Crippen LogP contribution in [-0.4, -0.2) is 15.8 Å². The molecule has 0 aliphatic carbocycles. The Morgan fingerprint density at radius 1 is 0.674 bits per heavy atom. The fourth-order valence-corrected chi connectivity index (χ4v) is 7.00. The van der Waals surface area contributed by atoms with Crippen LogP contribution < -0.4 is 22.1 Å². The van der Waals surface area contributed by atoms with E-state index in [-0.39, 0.29) is 17.6 Å². The molecule has 2 atom stereocenters. The zero-order chi connectivity index (χ0) is 32.4. The predicted molar refractivity (Wildman–Crippen MR) is 195 cm³/mol. The second-order valence-electron chi connectivity index (χ2n) is 10.9. The molecule has 0 spiro atoms. The lowest BCUT2D eigenvalue weighted by Gasteiger charge is -2.20. The van der Waals surface area contributed by atoms with Crippen molar-refractivity contribution in [2.45, 2.75) is 25.7 Å². The molecular weight excluding hydrogens is 655 g/mol. The number of aromatic nitrogens is 2. The molecule has 0 aliphatic rings. The molecule has 0 bridgehead atoms. The molecule has 46 heavy (non-hydrogen) atoms. The lowest BCUT2D eigenvalue weighted by atomic mass is 9.85. The van der Waals surface area contributed by atoms with Gasteiger partial charge in [0.05, 0.1) is 35.1 Å². The first-order valence-corrected chi connectivity index (χ1v) is 16.8. The van der Waals surface area contributed by atoms with E-state index in [2.05, 4.69) is 20.6 Å². The van der Waals surface area contributed by atoms with Crippen LogP contribution in [0.4, 0.5) is 34.1 Å². The Hall–Kier alpha value is -4.41. The molecule has 0 radical (unpaired) electrons. The quantitative estimate of drug-likeness (QED) is 0.106. The van der Waals surface area contributed by atoms with Crippen LogP contribution in [0.2, 0.25) is 8.67 Å². The van der Waals surface area contributed by atoms with Gasteiger partial charge in [0.15, 0.2) is 0 Å². The monoisotopic (exact) mass is 684 g/mol. The topological polar surface area (TPSA) is 119 Å². The van der Waals surface area contributed by atoms with E-state index in [0.29, 0.717) is 20.0 Å². The second kappa shape index (κ2) is 13.5. The fourth-order valence-electron chi connectivity index (χ4n) is 5.18. The number of carbonyl (C=O) groups is 1. The molecule has 6 aromatic rings. The maximum absolute atomic E-state index is 13.6. The summed E-state index contributed by atoms with van der Waals surface area (Å²) in [5.41, 5.74) is 20.9. The lowest BCUT2D eigenvalue weighted by molar-refractivity contribution is -0.121. The minimum atomic E-state index is -0.370. The summed E-state index contributed by atoms with van der Waals surface area (Å²) >= 11 is 15.0. The van der Waals surface area contributed by atoms with Gasteiger partial charge in [0.25, 0.3) is 0 Å². The van der Waals surface area contributed by atoms with Crippen molar-refractivity contribution in [3.05, 3.63) is 117 Å². The number of hydrogen-bond donors (Lipinski definition) is 4. The highest BCUT2D eigenvalue weighted by molar-refractivity contribution is 7.19. The number of benzene rings is 4. The molecule has 2 unspecified atom stereocenters. The molecule has 232 valence electrons. The van der Waals surface area contributed by atoms with Crippen molar-refractivity contribution in [2.24, 2.45) is 0 Å². The number of hydrogen-bond acceptors (Lipinski definition) is 9. The Labute approximate surface area is 285 Å². The first-order valence-electron chi connectivity index (χ1n) is 14.4. The molecule has 0 amide bonds. The Balaban J connectivity index is 1.12. The van der Waals surface area contributed by atoms with Crippen LogP contribution in [0.5, 0.6) is 0 Å². The summed E-state index contributed by atoms with van der Waals surface area (Å²) in [5, 5.41) is 8.45. The van der Waals surface area contributed by atoms with Gasteiger partial charge < -0.3 is 22.1 Å². The number of nitrogens with two attached hydrogens (primary N) is 2. The van der Waals surface area contributed by atoms with E-state index in [1.165, 1.54) is 22.7 Å². The molecule has 0 fully saturated rings. The molecule has 2 heterocycles. The first kappa shape index (κ1) is 31.6. The van der Waals surface area contributed by atoms with Gasteiger partial charge >= 0.3 is 0 Å². The van der Waals surface area contributed by atoms with E-state index >= 15 is 0 Å². The highest BCUT2D eigenvalue weighted by atomic mass is 35.5. The van der Waals surface area contributed by atoms with Crippen LogP contribution in [0, 0.1) is 0 Å². The number of nitrogens with zero attached hydrogens (tertiary/aromatic N) is 2. The summed E-state index contributed by atoms with van der Waals surface area (Å²) in [7, 11) is 0. The van der Waals surface area contributed by atoms with Crippen molar-refractivity contribution in [3.8, 4) is 21.1 Å². The van der Waals surface area contributed by atoms with Gasteiger partial charge in [0.1, 0.15) is 24.5 Å². The summed E-state index contributed by atoms with van der Waals surface area (Å²) in [6.45, 7) is 3.82. The largest absolute Gasteiger partial charge is 0.397 e. The van der Waals surface area contributed by atoms with Crippen LogP contribution in [0.15, 0.2) is 97.3 Å². The number of carbonyl (C=O) groups excluding carboxylic acids is 1. The molecule has 11 heteroatoms. The summed E-state index contributed by atoms with van der Waals surface area (Å²) in [4.78, 5) is 22.3. The SMILES string of the molecule is CC(C(=O)C(C)c1ccc(Nc2cccc(-c3ncc(Cl)s3)c2)c(N)c1)c1ccc(Nc2cccc(-c3ncc(Cl)s3)c2)c(N)c1. The highest BCUT2D eigenvalue weighted by Crippen LogP contribution is 2.36. The van der Waals surface area contributed by atoms with Crippen LogP contribution in [-0.2, 0) is 4.79 Å². The molecule has 2 aromatic heterocycles. The van der Waals surface area contributed by atoms with E-state index in [0.717, 1.165) is 55.0 Å². The van der Waals surface area contributed by atoms with Gasteiger partial charge in [0, 0.05) is 34.3 Å². The van der Waals surface area contributed by atoms with Crippen molar-refractivity contribution in [1.29, 1.82) is 0 Å². The number of ketones is 1. The average molecular weight is 686 g/mol. The normalized spacial score (nSPS) is 12.4. The Kier molecular flexibility index (Phi) is 9.28. The third kappa shape index (κ3) is 7.03. The van der Waals surface area contributed by atoms with Gasteiger partial charge in [-0.2, -0.15) is 0 Å². The van der Waals surface area contributed by atoms with Gasteiger partial charge in [-0.05, 0) is 59.7 Å². The zero-order valence-corrected chi connectivity index (χ0v) is 28.1. The maximum atomic E-state index is 13.6. The van der Waals surface area contributed by atoms with Gasteiger partial charge in [-0.1, -0.05) is 73.4 Å². The number of rotatable bonds is 10. The van der Waals surface area contributed by atoms with Crippen LogP contribution in [0.25, 0.3) is 21.1 Å². The van der Waals surface area contributed by atoms with Crippen LogP contribution in [0.1, 0.15) is 36.8 Å². The molecule has 0 aliphatic heterocycles. The number of anilines is 6. The number of halogens is 2. The minimum absolute atomic E-state index is 0.0739.